The highest BCUT2D eigenvalue weighted by molar-refractivity contribution is 6.30. The fourth-order valence-electron chi connectivity index (χ4n) is 1.97. The molecule has 0 fully saturated rings. The molecule has 106 valence electrons. The predicted octanol–water partition coefficient (Wildman–Crippen LogP) is 2.17. The maximum absolute atomic E-state index is 11.5. The highest BCUT2D eigenvalue weighted by atomic mass is 35.5. The van der Waals surface area contributed by atoms with Gasteiger partial charge in [0, 0.05) is 23.7 Å². The highest BCUT2D eigenvalue weighted by Crippen LogP contribution is 2.15. The molecule has 0 saturated heterocycles. The van der Waals surface area contributed by atoms with Gasteiger partial charge in [-0.1, -0.05) is 23.7 Å². The molecule has 2 aromatic rings. The summed E-state index contributed by atoms with van der Waals surface area (Å²) in [7, 11) is 1.96. The summed E-state index contributed by atoms with van der Waals surface area (Å²) in [6.07, 6.45) is 1.48. The van der Waals surface area contributed by atoms with Crippen molar-refractivity contribution in [3.05, 3.63) is 58.5 Å². The Kier molecular flexibility index (Phi) is 4.79. The summed E-state index contributed by atoms with van der Waals surface area (Å²) in [5.41, 5.74) is 4.01. The Morgan fingerprint density at radius 1 is 1.30 bits per heavy atom. The number of furan rings is 1. The van der Waals surface area contributed by atoms with Crippen molar-refractivity contribution in [3.8, 4) is 0 Å². The lowest BCUT2D eigenvalue weighted by Crippen LogP contribution is -2.31. The van der Waals surface area contributed by atoms with Crippen LogP contribution in [0.25, 0.3) is 0 Å². The zero-order chi connectivity index (χ0) is 14.5. The SMILES string of the molecule is CN(Cc1ccc(Cl)cc1)Cc1ccoc1C(=O)NN. The highest BCUT2D eigenvalue weighted by Gasteiger charge is 2.15. The van der Waals surface area contributed by atoms with Crippen molar-refractivity contribution in [2.75, 3.05) is 7.05 Å². The average Bonchev–Trinajstić information content (AvgIpc) is 2.88. The zero-order valence-electron chi connectivity index (χ0n) is 11.1. The standard InChI is InChI=1S/C14H16ClN3O2/c1-18(8-10-2-4-12(15)5-3-10)9-11-6-7-20-13(11)14(19)17-16/h2-7H,8-9,16H2,1H3,(H,17,19). The van der Waals surface area contributed by atoms with E-state index in [0.717, 1.165) is 17.7 Å². The maximum Gasteiger partial charge on any atom is 0.301 e. The van der Waals surface area contributed by atoms with Crippen LogP contribution in [0, 0.1) is 0 Å². The van der Waals surface area contributed by atoms with E-state index in [0.29, 0.717) is 11.6 Å². The molecule has 0 saturated carbocycles. The van der Waals surface area contributed by atoms with Crippen LogP contribution in [0.3, 0.4) is 0 Å². The average molecular weight is 294 g/mol. The lowest BCUT2D eigenvalue weighted by atomic mass is 10.2. The molecule has 5 nitrogen and oxygen atoms in total. The van der Waals surface area contributed by atoms with Gasteiger partial charge in [-0.2, -0.15) is 0 Å². The number of amides is 1. The largest absolute Gasteiger partial charge is 0.459 e. The number of hydrogen-bond acceptors (Lipinski definition) is 4. The number of hydrogen-bond donors (Lipinski definition) is 2. The number of carbonyl (C=O) groups is 1. The normalized spacial score (nSPS) is 10.8. The molecule has 1 heterocycles. The number of halogens is 1. The van der Waals surface area contributed by atoms with Gasteiger partial charge in [-0.05, 0) is 30.8 Å². The van der Waals surface area contributed by atoms with Gasteiger partial charge in [0.1, 0.15) is 0 Å². The Morgan fingerprint density at radius 3 is 2.65 bits per heavy atom. The summed E-state index contributed by atoms with van der Waals surface area (Å²) in [6, 6.07) is 9.43. The van der Waals surface area contributed by atoms with Crippen molar-refractivity contribution >= 4 is 17.5 Å². The van der Waals surface area contributed by atoms with Crippen LogP contribution in [-0.4, -0.2) is 17.9 Å². The molecular weight excluding hydrogens is 278 g/mol. The number of carbonyl (C=O) groups excluding carboxylic acids is 1. The van der Waals surface area contributed by atoms with Gasteiger partial charge in [-0.25, -0.2) is 5.84 Å². The van der Waals surface area contributed by atoms with Crippen molar-refractivity contribution in [2.24, 2.45) is 5.84 Å². The Labute approximate surface area is 122 Å². The number of nitrogens with one attached hydrogen (secondary N) is 1. The minimum Gasteiger partial charge on any atom is -0.459 e. The summed E-state index contributed by atoms with van der Waals surface area (Å²) in [4.78, 5) is 13.6. The minimum absolute atomic E-state index is 0.246. The summed E-state index contributed by atoms with van der Waals surface area (Å²) < 4.78 is 5.15. The topological polar surface area (TPSA) is 71.5 Å². The van der Waals surface area contributed by atoms with Crippen LogP contribution in [-0.2, 0) is 13.1 Å². The molecule has 0 spiro atoms. The Hall–Kier alpha value is -1.82. The first-order chi connectivity index (χ1) is 9.60. The van der Waals surface area contributed by atoms with E-state index in [2.05, 4.69) is 10.3 Å². The van der Waals surface area contributed by atoms with Gasteiger partial charge in [0.2, 0.25) is 0 Å². The van der Waals surface area contributed by atoms with E-state index in [-0.39, 0.29) is 5.76 Å². The molecule has 0 radical (unpaired) electrons. The number of nitrogen functional groups attached to an aromatic ring is 1. The summed E-state index contributed by atoms with van der Waals surface area (Å²) in [5, 5.41) is 0.716. The van der Waals surface area contributed by atoms with Crippen LogP contribution in [0.5, 0.6) is 0 Å². The third-order valence-electron chi connectivity index (χ3n) is 2.89. The molecule has 0 unspecified atom stereocenters. The number of hydrazine groups is 1. The van der Waals surface area contributed by atoms with Crippen molar-refractivity contribution in [3.63, 3.8) is 0 Å². The van der Waals surface area contributed by atoms with Crippen molar-refractivity contribution < 1.29 is 9.21 Å². The molecule has 0 aliphatic heterocycles. The van der Waals surface area contributed by atoms with Crippen LogP contribution in [0.4, 0.5) is 0 Å². The van der Waals surface area contributed by atoms with Crippen LogP contribution in [0.2, 0.25) is 5.02 Å². The smallest absolute Gasteiger partial charge is 0.301 e. The molecule has 0 bridgehead atoms. The molecule has 1 aromatic heterocycles. The first-order valence-electron chi connectivity index (χ1n) is 6.10. The molecule has 0 aliphatic carbocycles. The Balaban J connectivity index is 2.01. The fourth-order valence-corrected chi connectivity index (χ4v) is 2.10. The first kappa shape index (κ1) is 14.6. The van der Waals surface area contributed by atoms with E-state index in [9.17, 15) is 4.79 Å². The summed E-state index contributed by atoms with van der Waals surface area (Å²) in [6.45, 7) is 1.33. The van der Waals surface area contributed by atoms with Gasteiger partial charge in [0.05, 0.1) is 6.26 Å². The second-order valence-corrected chi connectivity index (χ2v) is 4.98. The van der Waals surface area contributed by atoms with Gasteiger partial charge in [-0.3, -0.25) is 15.1 Å². The quantitative estimate of drug-likeness (QED) is 0.503. The molecule has 20 heavy (non-hydrogen) atoms. The van der Waals surface area contributed by atoms with E-state index < -0.39 is 5.91 Å². The van der Waals surface area contributed by atoms with E-state index in [1.54, 1.807) is 6.07 Å². The van der Waals surface area contributed by atoms with E-state index in [1.165, 1.54) is 6.26 Å². The number of benzene rings is 1. The molecule has 0 aliphatic rings. The zero-order valence-corrected chi connectivity index (χ0v) is 11.9. The van der Waals surface area contributed by atoms with E-state index >= 15 is 0 Å². The second kappa shape index (κ2) is 6.56. The molecule has 0 atom stereocenters. The molecule has 1 aromatic carbocycles. The van der Waals surface area contributed by atoms with Crippen molar-refractivity contribution in [2.45, 2.75) is 13.1 Å². The Bertz CT molecular complexity index is 580. The van der Waals surface area contributed by atoms with Crippen molar-refractivity contribution in [1.29, 1.82) is 0 Å². The van der Waals surface area contributed by atoms with Crippen LogP contribution < -0.4 is 11.3 Å². The van der Waals surface area contributed by atoms with E-state index in [4.69, 9.17) is 21.9 Å². The van der Waals surface area contributed by atoms with Crippen molar-refractivity contribution in [1.82, 2.24) is 10.3 Å². The number of nitrogens with two attached hydrogens (primary N) is 1. The van der Waals surface area contributed by atoms with Gasteiger partial charge < -0.3 is 4.42 Å². The monoisotopic (exact) mass is 293 g/mol. The maximum atomic E-state index is 11.5. The molecule has 3 N–H and O–H groups in total. The predicted molar refractivity (Wildman–Crippen MR) is 77.0 cm³/mol. The third kappa shape index (κ3) is 3.60. The van der Waals surface area contributed by atoms with Gasteiger partial charge >= 0.3 is 5.91 Å². The van der Waals surface area contributed by atoms with Crippen LogP contribution in [0.1, 0.15) is 21.7 Å². The summed E-state index contributed by atoms with van der Waals surface area (Å²) in [5.74, 6) is 4.93. The van der Waals surface area contributed by atoms with Crippen LogP contribution in [0.15, 0.2) is 41.0 Å². The molecular formula is C14H16ClN3O2. The molecule has 2 rings (SSSR count). The second-order valence-electron chi connectivity index (χ2n) is 4.55. The number of nitrogens with zero attached hydrogens (tertiary/aromatic N) is 1. The first-order valence-corrected chi connectivity index (χ1v) is 6.48. The molecule has 6 heteroatoms. The van der Waals surface area contributed by atoms with E-state index in [1.807, 2.05) is 31.3 Å². The lowest BCUT2D eigenvalue weighted by Gasteiger charge is -2.16. The number of rotatable bonds is 5. The Morgan fingerprint density at radius 2 is 2.00 bits per heavy atom. The minimum atomic E-state index is -0.426. The summed E-state index contributed by atoms with van der Waals surface area (Å²) >= 11 is 5.85. The van der Waals surface area contributed by atoms with Crippen LogP contribution >= 0.6 is 11.6 Å². The third-order valence-corrected chi connectivity index (χ3v) is 3.14. The fraction of sp³-hybridized carbons (Fsp3) is 0.214. The lowest BCUT2D eigenvalue weighted by molar-refractivity contribution is 0.0923. The van der Waals surface area contributed by atoms with Gasteiger partial charge in [0.25, 0.3) is 0 Å². The van der Waals surface area contributed by atoms with Gasteiger partial charge in [0.15, 0.2) is 5.76 Å². The van der Waals surface area contributed by atoms with Gasteiger partial charge in [-0.15, -0.1) is 0 Å². The molecule has 1 amide bonds.